The van der Waals surface area contributed by atoms with Crippen LogP contribution in [-0.2, 0) is 19.1 Å². The van der Waals surface area contributed by atoms with Crippen LogP contribution in [0.25, 0.3) is 0 Å². The second kappa shape index (κ2) is 11.9. The smallest absolute Gasteiger partial charge is 0.355 e. The molecule has 3 heterocycles. The second-order valence-electron chi connectivity index (χ2n) is 8.64. The fourth-order valence-corrected chi connectivity index (χ4v) is 5.46. The number of nitrogens with one attached hydrogen (secondary N) is 2. The fourth-order valence-electron chi connectivity index (χ4n) is 4.11. The predicted octanol–water partition coefficient (Wildman–Crippen LogP) is 6.60. The van der Waals surface area contributed by atoms with Crippen molar-refractivity contribution in [2.24, 2.45) is 0 Å². The Labute approximate surface area is 231 Å². The summed E-state index contributed by atoms with van der Waals surface area (Å²) in [7, 11) is 0. The van der Waals surface area contributed by atoms with E-state index in [0.717, 1.165) is 55.8 Å². The number of alkyl halides is 3. The van der Waals surface area contributed by atoms with Gasteiger partial charge in [-0.15, -0.1) is 11.3 Å². The first-order valence-corrected chi connectivity index (χ1v) is 13.5. The van der Waals surface area contributed by atoms with Crippen LogP contribution in [-0.4, -0.2) is 34.9 Å². The maximum atomic E-state index is 13.1. The van der Waals surface area contributed by atoms with E-state index in [1.807, 2.05) is 6.92 Å². The Morgan fingerprint density at radius 1 is 1.08 bits per heavy atom. The molecular formula is C25H24Cl2F3N5O2S. The van der Waals surface area contributed by atoms with Crippen LogP contribution < -0.4 is 15.5 Å². The zero-order chi connectivity index (χ0) is 27.4. The Morgan fingerprint density at radius 3 is 2.50 bits per heavy atom. The van der Waals surface area contributed by atoms with Crippen LogP contribution in [0.5, 0.6) is 0 Å². The molecule has 2 amide bonds. The number of nitrogens with zero attached hydrogens (tertiary/aromatic N) is 3. The van der Waals surface area contributed by atoms with Gasteiger partial charge in [0.1, 0.15) is 15.7 Å². The number of amides is 2. The summed E-state index contributed by atoms with van der Waals surface area (Å²) in [6.45, 7) is 3.61. The van der Waals surface area contributed by atoms with Crippen molar-refractivity contribution in [2.75, 3.05) is 23.3 Å². The topological polar surface area (TPSA) is 87.2 Å². The number of carbonyl (C=O) groups excluding carboxylic acids is 2. The third-order valence-electron chi connectivity index (χ3n) is 6.05. The normalized spacial score (nSPS) is 13.9. The average Bonchev–Trinajstić information content (AvgIpc) is 3.37. The highest BCUT2D eigenvalue weighted by Crippen LogP contribution is 2.36. The van der Waals surface area contributed by atoms with Crippen LogP contribution in [0.2, 0.25) is 10.0 Å². The number of hydrogen-bond acceptors (Lipinski definition) is 6. The predicted molar refractivity (Wildman–Crippen MR) is 142 cm³/mol. The largest absolute Gasteiger partial charge is 0.417 e. The highest BCUT2D eigenvalue weighted by Gasteiger charge is 2.33. The third kappa shape index (κ3) is 6.39. The summed E-state index contributed by atoms with van der Waals surface area (Å²) in [4.78, 5) is 36.6. The highest BCUT2D eigenvalue weighted by atomic mass is 35.5. The molecule has 1 aromatic carbocycles. The van der Waals surface area contributed by atoms with Gasteiger partial charge in [-0.1, -0.05) is 30.1 Å². The standard InChI is InChI=1S/C25H24Cl2F3N5O2S/c1-2-14-11-32-22(35-8-4-3-5-9-35)21(27)20(14)24(37)33-13-19-31-12-18(38-19)23(36)34-15-6-7-17(26)16(10-15)25(28,29)30/h6-7,10-12H,2-5,8-9,13H2,1H3,(H,33,37)(H,34,36). The van der Waals surface area contributed by atoms with Gasteiger partial charge in [0.05, 0.1) is 33.9 Å². The van der Waals surface area contributed by atoms with E-state index < -0.39 is 22.7 Å². The maximum absolute atomic E-state index is 13.1. The van der Waals surface area contributed by atoms with E-state index in [1.165, 1.54) is 12.3 Å². The molecule has 1 fully saturated rings. The number of piperidine rings is 1. The zero-order valence-electron chi connectivity index (χ0n) is 20.3. The summed E-state index contributed by atoms with van der Waals surface area (Å²) in [6, 6.07) is 3.11. The van der Waals surface area contributed by atoms with E-state index in [1.54, 1.807) is 6.20 Å². The molecule has 1 saturated heterocycles. The van der Waals surface area contributed by atoms with Gasteiger partial charge < -0.3 is 15.5 Å². The maximum Gasteiger partial charge on any atom is 0.417 e. The molecule has 3 aromatic rings. The third-order valence-corrected chi connectivity index (χ3v) is 7.73. The van der Waals surface area contributed by atoms with Crippen LogP contribution in [0.4, 0.5) is 24.7 Å². The molecule has 0 radical (unpaired) electrons. The van der Waals surface area contributed by atoms with E-state index in [4.69, 9.17) is 23.2 Å². The minimum absolute atomic E-state index is 0.0385. The van der Waals surface area contributed by atoms with Gasteiger partial charge in [-0.25, -0.2) is 9.97 Å². The van der Waals surface area contributed by atoms with Crippen molar-refractivity contribution in [3.8, 4) is 0 Å². The van der Waals surface area contributed by atoms with Gasteiger partial charge in [-0.2, -0.15) is 13.2 Å². The van der Waals surface area contributed by atoms with Crippen molar-refractivity contribution in [3.05, 3.63) is 67.2 Å². The van der Waals surface area contributed by atoms with Crippen LogP contribution in [0.3, 0.4) is 0 Å². The Morgan fingerprint density at radius 2 is 1.82 bits per heavy atom. The summed E-state index contributed by atoms with van der Waals surface area (Å²) in [5, 5.41) is 5.50. The molecule has 7 nitrogen and oxygen atoms in total. The lowest BCUT2D eigenvalue weighted by molar-refractivity contribution is -0.137. The van der Waals surface area contributed by atoms with Gasteiger partial charge in [0, 0.05) is 25.0 Å². The number of halogens is 5. The van der Waals surface area contributed by atoms with E-state index in [9.17, 15) is 22.8 Å². The number of aryl methyl sites for hydroxylation is 1. The molecule has 2 N–H and O–H groups in total. The van der Waals surface area contributed by atoms with Gasteiger partial charge in [0.15, 0.2) is 0 Å². The molecule has 4 rings (SSSR count). The Kier molecular flexibility index (Phi) is 8.79. The minimum Gasteiger partial charge on any atom is -0.355 e. The van der Waals surface area contributed by atoms with E-state index >= 15 is 0 Å². The van der Waals surface area contributed by atoms with Crippen molar-refractivity contribution in [3.63, 3.8) is 0 Å². The summed E-state index contributed by atoms with van der Waals surface area (Å²) in [6.07, 6.45) is 2.12. The molecule has 0 saturated carbocycles. The van der Waals surface area contributed by atoms with E-state index in [-0.39, 0.29) is 23.0 Å². The molecule has 202 valence electrons. The van der Waals surface area contributed by atoms with Crippen LogP contribution in [0.15, 0.2) is 30.6 Å². The number of pyridine rings is 1. The molecule has 1 aliphatic rings. The number of rotatable bonds is 7. The summed E-state index contributed by atoms with van der Waals surface area (Å²) >= 11 is 13.3. The second-order valence-corrected chi connectivity index (χ2v) is 10.5. The van der Waals surface area contributed by atoms with Crippen molar-refractivity contribution >= 4 is 57.9 Å². The molecule has 13 heteroatoms. The molecule has 0 unspecified atom stereocenters. The lowest BCUT2D eigenvalue weighted by Gasteiger charge is -2.29. The van der Waals surface area contributed by atoms with Crippen LogP contribution >= 0.6 is 34.5 Å². The summed E-state index contributed by atoms with van der Waals surface area (Å²) in [5.41, 5.74) is -0.0237. The van der Waals surface area contributed by atoms with Crippen molar-refractivity contribution in [2.45, 2.75) is 45.3 Å². The quantitative estimate of drug-likeness (QED) is 0.326. The monoisotopic (exact) mass is 585 g/mol. The average molecular weight is 586 g/mol. The lowest BCUT2D eigenvalue weighted by atomic mass is 10.1. The molecule has 0 atom stereocenters. The van der Waals surface area contributed by atoms with Crippen molar-refractivity contribution in [1.29, 1.82) is 0 Å². The molecule has 0 spiro atoms. The molecule has 38 heavy (non-hydrogen) atoms. The Bertz CT molecular complexity index is 1340. The number of thiazole rings is 1. The Balaban J connectivity index is 1.43. The van der Waals surface area contributed by atoms with Crippen LogP contribution in [0.1, 0.15) is 62.4 Å². The molecular weight excluding hydrogens is 562 g/mol. The number of benzene rings is 1. The fraction of sp³-hybridized carbons (Fsp3) is 0.360. The van der Waals surface area contributed by atoms with Crippen molar-refractivity contribution in [1.82, 2.24) is 15.3 Å². The number of hydrogen-bond donors (Lipinski definition) is 2. The van der Waals surface area contributed by atoms with Gasteiger partial charge in [0.25, 0.3) is 11.8 Å². The number of anilines is 2. The Hall–Kier alpha value is -2.89. The number of carbonyl (C=O) groups is 2. The molecule has 2 aromatic heterocycles. The van der Waals surface area contributed by atoms with Crippen molar-refractivity contribution < 1.29 is 22.8 Å². The zero-order valence-corrected chi connectivity index (χ0v) is 22.6. The van der Waals surface area contributed by atoms with Gasteiger partial charge >= 0.3 is 6.18 Å². The summed E-state index contributed by atoms with van der Waals surface area (Å²) in [5.74, 6) is -0.417. The SMILES string of the molecule is CCc1cnc(N2CCCCC2)c(Cl)c1C(=O)NCc1ncc(C(=O)Nc2ccc(Cl)c(C(F)(F)F)c2)s1. The highest BCUT2D eigenvalue weighted by molar-refractivity contribution is 7.13. The van der Waals surface area contributed by atoms with E-state index in [2.05, 4.69) is 25.5 Å². The van der Waals surface area contributed by atoms with Gasteiger partial charge in [-0.3, -0.25) is 9.59 Å². The molecule has 0 bridgehead atoms. The first-order valence-electron chi connectivity index (χ1n) is 11.9. The molecule has 0 aliphatic carbocycles. The van der Waals surface area contributed by atoms with Gasteiger partial charge in [-0.05, 0) is 49.4 Å². The van der Waals surface area contributed by atoms with E-state index in [0.29, 0.717) is 33.4 Å². The van der Waals surface area contributed by atoms with Gasteiger partial charge in [0.2, 0.25) is 0 Å². The van der Waals surface area contributed by atoms with Crippen LogP contribution in [0, 0.1) is 0 Å². The number of aromatic nitrogens is 2. The minimum atomic E-state index is -4.66. The summed E-state index contributed by atoms with van der Waals surface area (Å²) < 4.78 is 39.3. The first-order chi connectivity index (χ1) is 18.1. The molecule has 1 aliphatic heterocycles. The first kappa shape index (κ1) is 28.1. The lowest BCUT2D eigenvalue weighted by Crippen LogP contribution is -2.31.